The van der Waals surface area contributed by atoms with Crippen LogP contribution >= 0.6 is 0 Å². The highest BCUT2D eigenvalue weighted by Gasteiger charge is 2.53. The van der Waals surface area contributed by atoms with E-state index in [0.717, 1.165) is 18.2 Å². The Balaban J connectivity index is 2.07. The molecule has 34 heavy (non-hydrogen) atoms. The number of halogens is 5. The number of fused-ring (bicyclic) bond motifs is 1. The molecule has 0 saturated heterocycles. The number of benzene rings is 2. The molecule has 0 aliphatic rings. The number of ether oxygens (including phenoxy) is 1. The fourth-order valence-electron chi connectivity index (χ4n) is 3.79. The molecule has 1 aromatic heterocycles. The molecule has 0 spiro atoms. The van der Waals surface area contributed by atoms with Gasteiger partial charge in [-0.3, -0.25) is 9.79 Å². The molecule has 182 valence electrons. The van der Waals surface area contributed by atoms with Crippen LogP contribution in [0.5, 0.6) is 5.75 Å². The summed E-state index contributed by atoms with van der Waals surface area (Å²) >= 11 is 0. The number of aliphatic hydroxyl groups is 1. The minimum atomic E-state index is -5.14. The summed E-state index contributed by atoms with van der Waals surface area (Å²) in [6.07, 6.45) is -5.57. The molecule has 2 aromatic carbocycles. The summed E-state index contributed by atoms with van der Waals surface area (Å²) in [6.45, 7) is 3.10. The van der Waals surface area contributed by atoms with Gasteiger partial charge in [0.2, 0.25) is 5.56 Å². The third kappa shape index (κ3) is 4.96. The standard InChI is InChI=1S/C24H23F5N2O3/c1-4-14(16-6-5-13(2)21(26)22(16)34-3)11-23(33,24(27,28)29)12-30-18-9-15(25)10-19-17(18)7-8-20(32)31-19/h5-10,12,14,33H,4,11H2,1-3H3,(H,31,32)/b30-12+. The lowest BCUT2D eigenvalue weighted by Gasteiger charge is -2.31. The van der Waals surface area contributed by atoms with Gasteiger partial charge < -0.3 is 14.8 Å². The summed E-state index contributed by atoms with van der Waals surface area (Å²) in [5.41, 5.74) is -3.66. The van der Waals surface area contributed by atoms with Gasteiger partial charge in [-0.1, -0.05) is 19.1 Å². The van der Waals surface area contributed by atoms with Gasteiger partial charge in [-0.15, -0.1) is 0 Å². The molecule has 0 fully saturated rings. The number of pyridine rings is 1. The lowest BCUT2D eigenvalue weighted by Crippen LogP contribution is -2.47. The first-order chi connectivity index (χ1) is 15.9. The second-order valence-corrected chi connectivity index (χ2v) is 8.02. The van der Waals surface area contributed by atoms with E-state index in [0.29, 0.717) is 6.21 Å². The van der Waals surface area contributed by atoms with Gasteiger partial charge in [0.25, 0.3) is 0 Å². The topological polar surface area (TPSA) is 74.7 Å². The Bertz CT molecular complexity index is 1290. The van der Waals surface area contributed by atoms with Crippen molar-refractivity contribution in [2.45, 2.75) is 44.4 Å². The van der Waals surface area contributed by atoms with Gasteiger partial charge in [-0.05, 0) is 43.4 Å². The van der Waals surface area contributed by atoms with E-state index in [2.05, 4.69) is 9.98 Å². The van der Waals surface area contributed by atoms with E-state index in [9.17, 15) is 31.9 Å². The summed E-state index contributed by atoms with van der Waals surface area (Å²) < 4.78 is 75.7. The summed E-state index contributed by atoms with van der Waals surface area (Å²) in [7, 11) is 1.21. The molecule has 2 unspecified atom stereocenters. The van der Waals surface area contributed by atoms with Crippen LogP contribution in [0.4, 0.5) is 27.6 Å². The predicted molar refractivity (Wildman–Crippen MR) is 119 cm³/mol. The molecule has 3 rings (SSSR count). The van der Waals surface area contributed by atoms with Crippen molar-refractivity contribution in [3.8, 4) is 5.75 Å². The molecule has 5 nitrogen and oxygen atoms in total. The van der Waals surface area contributed by atoms with Crippen molar-refractivity contribution < 1.29 is 31.8 Å². The van der Waals surface area contributed by atoms with E-state index in [1.165, 1.54) is 32.2 Å². The minimum absolute atomic E-state index is 0.0431. The van der Waals surface area contributed by atoms with E-state index >= 15 is 0 Å². The fraction of sp³-hybridized carbons (Fsp3) is 0.333. The van der Waals surface area contributed by atoms with Crippen molar-refractivity contribution in [1.29, 1.82) is 0 Å². The molecule has 1 heterocycles. The minimum Gasteiger partial charge on any atom is -0.493 e. The molecule has 0 aliphatic heterocycles. The first-order valence-corrected chi connectivity index (χ1v) is 10.4. The van der Waals surface area contributed by atoms with Crippen LogP contribution in [0.15, 0.2) is 46.2 Å². The Morgan fingerprint density at radius 1 is 1.18 bits per heavy atom. The Hall–Kier alpha value is -3.27. The van der Waals surface area contributed by atoms with Gasteiger partial charge in [-0.25, -0.2) is 8.78 Å². The van der Waals surface area contributed by atoms with Crippen LogP contribution in [0.25, 0.3) is 10.9 Å². The average Bonchev–Trinajstić information content (AvgIpc) is 2.76. The summed E-state index contributed by atoms with van der Waals surface area (Å²) in [5, 5.41) is 10.9. The van der Waals surface area contributed by atoms with Crippen LogP contribution in [0, 0.1) is 18.6 Å². The van der Waals surface area contributed by atoms with Gasteiger partial charge in [0, 0.05) is 29.3 Å². The van der Waals surface area contributed by atoms with Crippen LogP contribution in [0.2, 0.25) is 0 Å². The number of aliphatic imine (C=N–C) groups is 1. The maximum Gasteiger partial charge on any atom is 0.422 e. The van der Waals surface area contributed by atoms with Gasteiger partial charge in [0.05, 0.1) is 18.3 Å². The second-order valence-electron chi connectivity index (χ2n) is 8.02. The molecule has 3 aromatic rings. The monoisotopic (exact) mass is 482 g/mol. The average molecular weight is 482 g/mol. The second kappa shape index (κ2) is 9.54. The number of H-pyrrole nitrogens is 1. The molecule has 0 bridgehead atoms. The van der Waals surface area contributed by atoms with Crippen LogP contribution < -0.4 is 10.3 Å². The van der Waals surface area contributed by atoms with Crippen molar-refractivity contribution in [1.82, 2.24) is 4.98 Å². The number of nitrogens with zero attached hydrogens (tertiary/aromatic N) is 1. The van der Waals surface area contributed by atoms with Crippen LogP contribution in [0.3, 0.4) is 0 Å². The molecule has 10 heteroatoms. The first-order valence-electron chi connectivity index (χ1n) is 10.4. The molecule has 0 aliphatic carbocycles. The quantitative estimate of drug-likeness (QED) is 0.335. The highest BCUT2D eigenvalue weighted by atomic mass is 19.4. The lowest BCUT2D eigenvalue weighted by atomic mass is 9.83. The third-order valence-electron chi connectivity index (χ3n) is 5.71. The fourth-order valence-corrected chi connectivity index (χ4v) is 3.79. The number of alkyl halides is 3. The Kier molecular flexibility index (Phi) is 7.11. The van der Waals surface area contributed by atoms with Crippen molar-refractivity contribution in [2.24, 2.45) is 4.99 Å². The molecule has 0 saturated carbocycles. The third-order valence-corrected chi connectivity index (χ3v) is 5.71. The predicted octanol–water partition coefficient (Wildman–Crippen LogP) is 5.70. The molecular weight excluding hydrogens is 459 g/mol. The van der Waals surface area contributed by atoms with Gasteiger partial charge in [0.1, 0.15) is 5.82 Å². The number of aryl methyl sites for hydroxylation is 1. The number of aromatic nitrogens is 1. The summed E-state index contributed by atoms with van der Waals surface area (Å²) in [6, 6.07) is 7.22. The molecule has 2 N–H and O–H groups in total. The SMILES string of the molecule is CCC(CC(O)(/C=N/c1cc(F)cc2[nH]c(=O)ccc12)C(F)(F)F)c1ccc(C)c(F)c1OC. The van der Waals surface area contributed by atoms with E-state index in [1.807, 2.05) is 0 Å². The Morgan fingerprint density at radius 2 is 1.88 bits per heavy atom. The largest absolute Gasteiger partial charge is 0.493 e. The number of rotatable bonds is 7. The molecule has 0 radical (unpaired) electrons. The van der Waals surface area contributed by atoms with Crippen LogP contribution in [-0.4, -0.2) is 35.2 Å². The first kappa shape index (κ1) is 25.4. The van der Waals surface area contributed by atoms with E-state index in [-0.39, 0.29) is 39.9 Å². The Morgan fingerprint density at radius 3 is 2.50 bits per heavy atom. The summed E-state index contributed by atoms with van der Waals surface area (Å²) in [5.74, 6) is -2.65. The van der Waals surface area contributed by atoms with Gasteiger partial charge >= 0.3 is 6.18 Å². The van der Waals surface area contributed by atoms with Crippen molar-refractivity contribution >= 4 is 22.8 Å². The van der Waals surface area contributed by atoms with Gasteiger partial charge in [0.15, 0.2) is 17.2 Å². The van der Waals surface area contributed by atoms with E-state index in [1.54, 1.807) is 6.92 Å². The van der Waals surface area contributed by atoms with Crippen LogP contribution in [-0.2, 0) is 0 Å². The van der Waals surface area contributed by atoms with Gasteiger partial charge in [-0.2, -0.15) is 13.2 Å². The smallest absolute Gasteiger partial charge is 0.422 e. The highest BCUT2D eigenvalue weighted by molar-refractivity contribution is 5.92. The zero-order chi connectivity index (χ0) is 25.3. The zero-order valence-electron chi connectivity index (χ0n) is 18.6. The maximum atomic E-state index is 14.5. The maximum absolute atomic E-state index is 14.5. The molecular formula is C24H23F5N2O3. The Labute approximate surface area is 191 Å². The number of methoxy groups -OCH3 is 1. The summed E-state index contributed by atoms with van der Waals surface area (Å²) in [4.78, 5) is 17.6. The van der Waals surface area contributed by atoms with Crippen molar-refractivity contribution in [2.75, 3.05) is 7.11 Å². The number of aromatic amines is 1. The van der Waals surface area contributed by atoms with Crippen LogP contribution in [0.1, 0.15) is 36.8 Å². The van der Waals surface area contributed by atoms with Crippen molar-refractivity contribution in [3.05, 3.63) is 69.5 Å². The normalized spacial score (nSPS) is 15.0. The number of hydrogen-bond donors (Lipinski definition) is 2. The number of hydrogen-bond acceptors (Lipinski definition) is 4. The molecule has 0 amide bonds. The number of nitrogens with one attached hydrogen (secondary N) is 1. The van der Waals surface area contributed by atoms with E-state index in [4.69, 9.17) is 4.74 Å². The lowest BCUT2D eigenvalue weighted by molar-refractivity contribution is -0.232. The van der Waals surface area contributed by atoms with E-state index < -0.39 is 41.3 Å². The molecule has 2 atom stereocenters. The van der Waals surface area contributed by atoms with Crippen molar-refractivity contribution in [3.63, 3.8) is 0 Å². The zero-order valence-corrected chi connectivity index (χ0v) is 18.6. The highest BCUT2D eigenvalue weighted by Crippen LogP contribution is 2.42.